The highest BCUT2D eigenvalue weighted by Crippen LogP contribution is 2.32. The van der Waals surface area contributed by atoms with E-state index < -0.39 is 0 Å². The van der Waals surface area contributed by atoms with Crippen molar-refractivity contribution in [2.75, 3.05) is 12.4 Å². The zero-order valence-corrected chi connectivity index (χ0v) is 9.98. The molecule has 2 unspecified atom stereocenters. The van der Waals surface area contributed by atoms with Gasteiger partial charge in [0.1, 0.15) is 0 Å². The van der Waals surface area contributed by atoms with Gasteiger partial charge < -0.3 is 10.8 Å². The molecule has 0 bridgehead atoms. The number of aliphatic hydroxyl groups is 1. The van der Waals surface area contributed by atoms with E-state index in [2.05, 4.69) is 16.8 Å². The van der Waals surface area contributed by atoms with Crippen LogP contribution in [0.2, 0.25) is 0 Å². The van der Waals surface area contributed by atoms with Crippen molar-refractivity contribution in [1.29, 1.82) is 0 Å². The van der Waals surface area contributed by atoms with Gasteiger partial charge in [0, 0.05) is 17.9 Å². The third-order valence-corrected chi connectivity index (χ3v) is 4.24. The van der Waals surface area contributed by atoms with Gasteiger partial charge >= 0.3 is 0 Å². The number of nitrogens with two attached hydrogens (primary N) is 1. The van der Waals surface area contributed by atoms with Gasteiger partial charge in [-0.15, -0.1) is 0 Å². The van der Waals surface area contributed by atoms with Crippen LogP contribution in [0, 0.1) is 0 Å². The number of hydrogen-bond donors (Lipinski definition) is 2. The van der Waals surface area contributed by atoms with Gasteiger partial charge in [0.15, 0.2) is 0 Å². The van der Waals surface area contributed by atoms with Crippen molar-refractivity contribution in [3.05, 3.63) is 22.4 Å². The minimum absolute atomic E-state index is 0.160. The third kappa shape index (κ3) is 3.61. The highest BCUT2D eigenvalue weighted by molar-refractivity contribution is 7.99. The van der Waals surface area contributed by atoms with Crippen LogP contribution in [-0.2, 0) is 0 Å². The fourth-order valence-corrected chi connectivity index (χ4v) is 3.24. The monoisotopic (exact) mass is 231 g/mol. The Kier molecular flexibility index (Phi) is 5.55. The Morgan fingerprint density at radius 1 is 1.64 bits per heavy atom. The number of thiophene rings is 1. The normalized spacial score (nSPS) is 15.4. The van der Waals surface area contributed by atoms with Gasteiger partial charge in [-0.25, -0.2) is 0 Å². The molecule has 0 spiro atoms. The molecule has 0 aromatic carbocycles. The van der Waals surface area contributed by atoms with Crippen molar-refractivity contribution >= 4 is 23.1 Å². The van der Waals surface area contributed by atoms with Crippen LogP contribution in [0.25, 0.3) is 0 Å². The van der Waals surface area contributed by atoms with Crippen LogP contribution >= 0.6 is 23.1 Å². The van der Waals surface area contributed by atoms with Crippen molar-refractivity contribution in [2.45, 2.75) is 24.6 Å². The molecule has 14 heavy (non-hydrogen) atoms. The maximum Gasteiger partial charge on any atom is 0.0453 e. The van der Waals surface area contributed by atoms with E-state index in [-0.39, 0.29) is 12.6 Å². The maximum absolute atomic E-state index is 8.71. The molecular formula is C10H17NOS2. The topological polar surface area (TPSA) is 46.2 Å². The summed E-state index contributed by atoms with van der Waals surface area (Å²) in [6.07, 6.45) is 0.845. The van der Waals surface area contributed by atoms with Gasteiger partial charge in [-0.2, -0.15) is 23.1 Å². The summed E-state index contributed by atoms with van der Waals surface area (Å²) < 4.78 is 0. The van der Waals surface area contributed by atoms with Crippen molar-refractivity contribution < 1.29 is 5.11 Å². The first kappa shape index (κ1) is 12.0. The van der Waals surface area contributed by atoms with E-state index in [4.69, 9.17) is 10.8 Å². The molecule has 0 fully saturated rings. The van der Waals surface area contributed by atoms with Crippen molar-refractivity contribution in [1.82, 2.24) is 0 Å². The van der Waals surface area contributed by atoms with Gasteiger partial charge in [-0.1, -0.05) is 0 Å². The molecule has 0 aliphatic rings. The summed E-state index contributed by atoms with van der Waals surface area (Å²) in [5.74, 6) is 0.971. The Bertz CT molecular complexity index is 236. The van der Waals surface area contributed by atoms with Crippen LogP contribution in [0.1, 0.15) is 24.2 Å². The molecule has 0 amide bonds. The lowest BCUT2D eigenvalue weighted by molar-refractivity contribution is 0.296. The predicted octanol–water partition coefficient (Wildman–Crippen LogP) is 2.25. The van der Waals surface area contributed by atoms with Crippen LogP contribution in [0.4, 0.5) is 0 Å². The lowest BCUT2D eigenvalue weighted by Gasteiger charge is -2.19. The van der Waals surface area contributed by atoms with Gasteiger partial charge in [-0.3, -0.25) is 0 Å². The standard InChI is InChI=1S/C10H17NOS2/c1-8(11)10(14-5-2-4-12)9-3-6-13-7-9/h3,6-8,10,12H,2,4-5,11H2,1H3. The minimum Gasteiger partial charge on any atom is -0.396 e. The molecule has 2 nitrogen and oxygen atoms in total. The summed E-state index contributed by atoms with van der Waals surface area (Å²) in [5.41, 5.74) is 7.24. The van der Waals surface area contributed by atoms with E-state index >= 15 is 0 Å². The number of thioether (sulfide) groups is 1. The van der Waals surface area contributed by atoms with Crippen LogP contribution in [0.5, 0.6) is 0 Å². The van der Waals surface area contributed by atoms with Gasteiger partial charge in [0.25, 0.3) is 0 Å². The maximum atomic E-state index is 8.71. The Morgan fingerprint density at radius 3 is 2.93 bits per heavy atom. The second-order valence-corrected chi connectivity index (χ2v) is 5.31. The molecule has 3 N–H and O–H groups in total. The minimum atomic E-state index is 0.160. The molecule has 0 aliphatic carbocycles. The zero-order valence-electron chi connectivity index (χ0n) is 8.35. The number of rotatable bonds is 6. The molecule has 0 saturated heterocycles. The smallest absolute Gasteiger partial charge is 0.0453 e. The predicted molar refractivity (Wildman–Crippen MR) is 64.9 cm³/mol. The van der Waals surface area contributed by atoms with E-state index in [0.29, 0.717) is 5.25 Å². The quantitative estimate of drug-likeness (QED) is 0.738. The molecule has 4 heteroatoms. The van der Waals surface area contributed by atoms with E-state index in [9.17, 15) is 0 Å². The summed E-state index contributed by atoms with van der Waals surface area (Å²) in [6, 6.07) is 2.29. The van der Waals surface area contributed by atoms with Gasteiger partial charge in [0.05, 0.1) is 0 Å². The Morgan fingerprint density at radius 2 is 2.43 bits per heavy atom. The average Bonchev–Trinajstić information content (AvgIpc) is 2.64. The molecule has 0 aliphatic heterocycles. The van der Waals surface area contributed by atoms with Crippen LogP contribution < -0.4 is 5.73 Å². The SMILES string of the molecule is CC(N)C(SCCCO)c1ccsc1. The summed E-state index contributed by atoms with van der Waals surface area (Å²) in [7, 11) is 0. The third-order valence-electron chi connectivity index (χ3n) is 1.95. The largest absolute Gasteiger partial charge is 0.396 e. The average molecular weight is 231 g/mol. The molecular weight excluding hydrogens is 214 g/mol. The number of hydrogen-bond acceptors (Lipinski definition) is 4. The summed E-state index contributed by atoms with van der Waals surface area (Å²) >= 11 is 3.54. The van der Waals surface area contributed by atoms with E-state index in [1.54, 1.807) is 11.3 Å². The zero-order chi connectivity index (χ0) is 10.4. The Balaban J connectivity index is 2.48. The van der Waals surface area contributed by atoms with Crippen molar-refractivity contribution in [2.24, 2.45) is 5.73 Å². The summed E-state index contributed by atoms with van der Waals surface area (Å²) in [6.45, 7) is 2.30. The lowest BCUT2D eigenvalue weighted by atomic mass is 10.1. The van der Waals surface area contributed by atoms with E-state index in [1.807, 2.05) is 18.7 Å². The molecule has 1 rings (SSSR count). The van der Waals surface area contributed by atoms with Gasteiger partial charge in [-0.05, 0) is 41.5 Å². The molecule has 0 saturated carbocycles. The first-order valence-corrected chi connectivity index (χ1v) is 6.75. The number of aliphatic hydroxyl groups excluding tert-OH is 1. The lowest BCUT2D eigenvalue weighted by Crippen LogP contribution is -2.22. The molecule has 1 heterocycles. The first-order valence-electron chi connectivity index (χ1n) is 4.76. The molecule has 1 aromatic rings. The summed E-state index contributed by atoms with van der Waals surface area (Å²) in [4.78, 5) is 0. The van der Waals surface area contributed by atoms with Crippen molar-refractivity contribution in [3.8, 4) is 0 Å². The highest BCUT2D eigenvalue weighted by Gasteiger charge is 2.16. The second-order valence-electron chi connectivity index (χ2n) is 3.28. The second kappa shape index (κ2) is 6.45. The van der Waals surface area contributed by atoms with Crippen LogP contribution in [-0.4, -0.2) is 23.5 Å². The molecule has 0 radical (unpaired) electrons. The van der Waals surface area contributed by atoms with Crippen LogP contribution in [0.15, 0.2) is 16.8 Å². The summed E-state index contributed by atoms with van der Waals surface area (Å²) in [5, 5.41) is 13.3. The molecule has 2 atom stereocenters. The van der Waals surface area contributed by atoms with E-state index in [1.165, 1.54) is 5.56 Å². The highest BCUT2D eigenvalue weighted by atomic mass is 32.2. The van der Waals surface area contributed by atoms with Crippen LogP contribution in [0.3, 0.4) is 0 Å². The van der Waals surface area contributed by atoms with E-state index in [0.717, 1.165) is 12.2 Å². The fraction of sp³-hybridized carbons (Fsp3) is 0.600. The molecule has 1 aromatic heterocycles. The Hall–Kier alpha value is -0.0300. The fourth-order valence-electron chi connectivity index (χ4n) is 1.26. The Labute approximate surface area is 93.5 Å². The first-order chi connectivity index (χ1) is 6.75. The van der Waals surface area contributed by atoms with Gasteiger partial charge in [0.2, 0.25) is 0 Å². The van der Waals surface area contributed by atoms with Crippen molar-refractivity contribution in [3.63, 3.8) is 0 Å². The molecule has 80 valence electrons.